The second kappa shape index (κ2) is 6.67. The molecule has 0 saturated heterocycles. The lowest BCUT2D eigenvalue weighted by molar-refractivity contribution is 0.274. The van der Waals surface area contributed by atoms with E-state index in [1.807, 2.05) is 19.2 Å². The maximum Gasteiger partial charge on any atom is 0.212 e. The van der Waals surface area contributed by atoms with Crippen LogP contribution in [0.15, 0.2) is 16.6 Å². The minimum atomic E-state index is 0.230. The normalized spacial score (nSPS) is 10.6. The molecule has 1 aromatic heterocycles. The summed E-state index contributed by atoms with van der Waals surface area (Å²) in [5.74, 6) is 1.80. The first kappa shape index (κ1) is 14.7. The molecule has 1 N–H and O–H groups in total. The fourth-order valence-electron chi connectivity index (χ4n) is 1.74. The Bertz CT molecular complexity index is 587. The van der Waals surface area contributed by atoms with Crippen molar-refractivity contribution in [3.8, 4) is 11.5 Å². The van der Waals surface area contributed by atoms with E-state index >= 15 is 0 Å². The summed E-state index contributed by atoms with van der Waals surface area (Å²) in [6.07, 6.45) is 0. The van der Waals surface area contributed by atoms with Crippen molar-refractivity contribution in [1.82, 2.24) is 25.5 Å². The van der Waals surface area contributed by atoms with Crippen LogP contribution in [-0.2, 0) is 20.2 Å². The third kappa shape index (κ3) is 3.45. The molecule has 0 amide bonds. The van der Waals surface area contributed by atoms with Gasteiger partial charge in [-0.2, -0.15) is 4.80 Å². The van der Waals surface area contributed by atoms with Crippen molar-refractivity contribution in [2.45, 2.75) is 13.2 Å². The van der Waals surface area contributed by atoms with E-state index in [0.717, 1.165) is 16.6 Å². The summed E-state index contributed by atoms with van der Waals surface area (Å²) < 4.78 is 11.9. The van der Waals surface area contributed by atoms with Crippen LogP contribution in [-0.4, -0.2) is 34.4 Å². The van der Waals surface area contributed by atoms with Crippen LogP contribution in [0.3, 0.4) is 0 Å². The second-order valence-corrected chi connectivity index (χ2v) is 4.98. The summed E-state index contributed by atoms with van der Waals surface area (Å²) in [4.78, 5) is 1.39. The predicted octanol–water partition coefficient (Wildman–Crippen LogP) is 1.28. The standard InChI is InChI=1S/C12H16BrN5O2/c1-14-6-8-4-9(13)12(10(5-8)19-3)20-7-11-15-17-18(2)16-11/h4-5,14H,6-7H2,1-3H3. The molecule has 0 bridgehead atoms. The Morgan fingerprint density at radius 2 is 2.20 bits per heavy atom. The third-order valence-corrected chi connectivity index (χ3v) is 3.15. The minimum absolute atomic E-state index is 0.230. The van der Waals surface area contributed by atoms with Crippen LogP contribution in [0.1, 0.15) is 11.4 Å². The Kier molecular flexibility index (Phi) is 4.91. The Morgan fingerprint density at radius 1 is 1.40 bits per heavy atom. The van der Waals surface area contributed by atoms with Gasteiger partial charge >= 0.3 is 0 Å². The number of tetrazole rings is 1. The van der Waals surface area contributed by atoms with Gasteiger partial charge < -0.3 is 14.8 Å². The van der Waals surface area contributed by atoms with Crippen molar-refractivity contribution in [1.29, 1.82) is 0 Å². The first-order chi connectivity index (χ1) is 9.63. The van der Waals surface area contributed by atoms with Crippen molar-refractivity contribution in [2.75, 3.05) is 14.2 Å². The molecule has 0 saturated carbocycles. The van der Waals surface area contributed by atoms with Crippen LogP contribution in [0.25, 0.3) is 0 Å². The number of rotatable bonds is 6. The van der Waals surface area contributed by atoms with E-state index in [1.54, 1.807) is 14.2 Å². The Balaban J connectivity index is 2.17. The van der Waals surface area contributed by atoms with E-state index in [-0.39, 0.29) is 6.61 Å². The number of nitrogens with one attached hydrogen (secondary N) is 1. The van der Waals surface area contributed by atoms with Crippen molar-refractivity contribution in [3.05, 3.63) is 28.0 Å². The summed E-state index contributed by atoms with van der Waals surface area (Å²) in [6, 6.07) is 3.92. The van der Waals surface area contributed by atoms with E-state index < -0.39 is 0 Å². The molecule has 20 heavy (non-hydrogen) atoms. The number of aromatic nitrogens is 4. The van der Waals surface area contributed by atoms with Crippen molar-refractivity contribution in [3.63, 3.8) is 0 Å². The van der Waals surface area contributed by atoms with Gasteiger partial charge in [0, 0.05) is 6.54 Å². The highest BCUT2D eigenvalue weighted by molar-refractivity contribution is 9.10. The molecule has 0 fully saturated rings. The number of hydrogen-bond acceptors (Lipinski definition) is 6. The topological polar surface area (TPSA) is 74.1 Å². The predicted molar refractivity (Wildman–Crippen MR) is 76.6 cm³/mol. The second-order valence-electron chi connectivity index (χ2n) is 4.12. The maximum absolute atomic E-state index is 5.72. The van der Waals surface area contributed by atoms with E-state index in [2.05, 4.69) is 36.7 Å². The van der Waals surface area contributed by atoms with Crippen molar-refractivity contribution >= 4 is 15.9 Å². The number of benzene rings is 1. The molecule has 108 valence electrons. The number of hydrogen-bond donors (Lipinski definition) is 1. The molecule has 2 rings (SSSR count). The fourth-order valence-corrected chi connectivity index (χ4v) is 2.34. The molecule has 0 radical (unpaired) electrons. The number of ether oxygens (including phenoxy) is 2. The van der Waals surface area contributed by atoms with Crippen LogP contribution in [0.2, 0.25) is 0 Å². The van der Waals surface area contributed by atoms with Gasteiger partial charge in [-0.05, 0) is 45.9 Å². The number of aryl methyl sites for hydroxylation is 1. The Hall–Kier alpha value is -1.67. The summed E-state index contributed by atoms with van der Waals surface area (Å²) >= 11 is 3.49. The molecular weight excluding hydrogens is 326 g/mol. The molecule has 7 nitrogen and oxygen atoms in total. The van der Waals surface area contributed by atoms with Gasteiger partial charge in [0.2, 0.25) is 5.82 Å². The van der Waals surface area contributed by atoms with E-state index in [9.17, 15) is 0 Å². The molecule has 8 heteroatoms. The lowest BCUT2D eigenvalue weighted by atomic mass is 10.2. The summed E-state index contributed by atoms with van der Waals surface area (Å²) in [5, 5.41) is 14.8. The van der Waals surface area contributed by atoms with Crippen LogP contribution >= 0.6 is 15.9 Å². The van der Waals surface area contributed by atoms with Crippen molar-refractivity contribution < 1.29 is 9.47 Å². The van der Waals surface area contributed by atoms with Gasteiger partial charge in [-0.25, -0.2) is 0 Å². The lowest BCUT2D eigenvalue weighted by Gasteiger charge is -2.13. The summed E-state index contributed by atoms with van der Waals surface area (Å²) in [6.45, 7) is 0.981. The monoisotopic (exact) mass is 341 g/mol. The number of methoxy groups -OCH3 is 1. The van der Waals surface area contributed by atoms with E-state index in [0.29, 0.717) is 17.3 Å². The molecule has 1 heterocycles. The SMILES string of the molecule is CNCc1cc(Br)c(OCc2nnn(C)n2)c(OC)c1. The quantitative estimate of drug-likeness (QED) is 0.853. The molecule has 0 aliphatic heterocycles. The van der Waals surface area contributed by atoms with Gasteiger partial charge in [0.15, 0.2) is 18.1 Å². The molecule has 0 unspecified atom stereocenters. The molecule has 0 atom stereocenters. The first-order valence-electron chi connectivity index (χ1n) is 6.00. The fraction of sp³-hybridized carbons (Fsp3) is 0.417. The molecule has 2 aromatic rings. The third-order valence-electron chi connectivity index (χ3n) is 2.57. The van der Waals surface area contributed by atoms with Crippen molar-refractivity contribution in [2.24, 2.45) is 7.05 Å². The molecular formula is C12H16BrN5O2. The molecule has 0 aliphatic rings. The van der Waals surface area contributed by atoms with Crippen LogP contribution in [0.5, 0.6) is 11.5 Å². The van der Waals surface area contributed by atoms with Gasteiger partial charge in [-0.3, -0.25) is 0 Å². The average Bonchev–Trinajstić information content (AvgIpc) is 2.83. The van der Waals surface area contributed by atoms with Crippen LogP contribution in [0, 0.1) is 0 Å². The maximum atomic E-state index is 5.72. The van der Waals surface area contributed by atoms with Gasteiger partial charge in [0.25, 0.3) is 0 Å². The lowest BCUT2D eigenvalue weighted by Crippen LogP contribution is -2.06. The van der Waals surface area contributed by atoms with E-state index in [1.165, 1.54) is 4.80 Å². The highest BCUT2D eigenvalue weighted by atomic mass is 79.9. The van der Waals surface area contributed by atoms with Gasteiger partial charge in [-0.15, -0.1) is 10.2 Å². The highest BCUT2D eigenvalue weighted by Gasteiger charge is 2.13. The van der Waals surface area contributed by atoms with E-state index in [4.69, 9.17) is 9.47 Å². The van der Waals surface area contributed by atoms with Gasteiger partial charge in [-0.1, -0.05) is 0 Å². The summed E-state index contributed by atoms with van der Waals surface area (Å²) in [7, 11) is 5.21. The highest BCUT2D eigenvalue weighted by Crippen LogP contribution is 2.37. The number of nitrogens with zero attached hydrogens (tertiary/aromatic N) is 4. The zero-order valence-corrected chi connectivity index (χ0v) is 13.1. The Morgan fingerprint density at radius 3 is 2.80 bits per heavy atom. The molecule has 1 aromatic carbocycles. The number of halogens is 1. The molecule has 0 spiro atoms. The average molecular weight is 342 g/mol. The van der Waals surface area contributed by atoms with Gasteiger partial charge in [0.05, 0.1) is 18.6 Å². The zero-order valence-electron chi connectivity index (χ0n) is 11.6. The minimum Gasteiger partial charge on any atom is -0.493 e. The first-order valence-corrected chi connectivity index (χ1v) is 6.80. The smallest absolute Gasteiger partial charge is 0.212 e. The Labute approximate surface area is 125 Å². The van der Waals surface area contributed by atoms with Crippen LogP contribution in [0.4, 0.5) is 0 Å². The zero-order chi connectivity index (χ0) is 14.5. The largest absolute Gasteiger partial charge is 0.493 e. The van der Waals surface area contributed by atoms with Gasteiger partial charge in [0.1, 0.15) is 0 Å². The van der Waals surface area contributed by atoms with Crippen LogP contribution < -0.4 is 14.8 Å². The molecule has 0 aliphatic carbocycles. The summed E-state index contributed by atoms with van der Waals surface area (Å²) in [5.41, 5.74) is 1.10.